The van der Waals surface area contributed by atoms with Crippen LogP contribution in [0.5, 0.6) is 0 Å². The first-order valence-corrected chi connectivity index (χ1v) is 6.35. The molecule has 3 N–H and O–H groups in total. The van der Waals surface area contributed by atoms with E-state index in [-0.39, 0.29) is 17.4 Å². The fourth-order valence-electron chi connectivity index (χ4n) is 2.21. The Hall–Kier alpha value is -1.88. The van der Waals surface area contributed by atoms with Crippen LogP contribution in [0, 0.1) is 5.92 Å². The van der Waals surface area contributed by atoms with Crippen molar-refractivity contribution in [3.63, 3.8) is 0 Å². The molecular weight excluding hydrogens is 244 g/mol. The van der Waals surface area contributed by atoms with Crippen LogP contribution in [0.3, 0.4) is 0 Å². The van der Waals surface area contributed by atoms with Crippen LogP contribution in [0.15, 0.2) is 18.2 Å². The second kappa shape index (κ2) is 5.01. The minimum absolute atomic E-state index is 0.0548. The van der Waals surface area contributed by atoms with E-state index in [1.165, 1.54) is 0 Å². The SMILES string of the molecule is CC(C)C(N)C(=O)N1CCc2ccc(C(=O)O)cc21. The maximum Gasteiger partial charge on any atom is 0.335 e. The number of carboxylic acid groups (broad SMARTS) is 1. The normalized spacial score (nSPS) is 15.5. The van der Waals surface area contributed by atoms with E-state index in [9.17, 15) is 9.59 Å². The second-order valence-corrected chi connectivity index (χ2v) is 5.16. The van der Waals surface area contributed by atoms with Crippen molar-refractivity contribution in [2.75, 3.05) is 11.4 Å². The molecule has 0 aliphatic carbocycles. The minimum Gasteiger partial charge on any atom is -0.478 e. The monoisotopic (exact) mass is 262 g/mol. The molecule has 5 nitrogen and oxygen atoms in total. The number of hydrogen-bond donors (Lipinski definition) is 2. The first kappa shape index (κ1) is 13.5. The molecule has 0 saturated carbocycles. The zero-order valence-corrected chi connectivity index (χ0v) is 11.1. The summed E-state index contributed by atoms with van der Waals surface area (Å²) in [5.41, 5.74) is 7.75. The number of amides is 1. The van der Waals surface area contributed by atoms with Gasteiger partial charge >= 0.3 is 5.97 Å². The molecule has 1 heterocycles. The number of carbonyl (C=O) groups excluding carboxylic acids is 1. The number of anilines is 1. The largest absolute Gasteiger partial charge is 0.478 e. The maximum atomic E-state index is 12.3. The van der Waals surface area contributed by atoms with Crippen LogP contribution < -0.4 is 10.6 Å². The Morgan fingerprint density at radius 1 is 1.37 bits per heavy atom. The first-order chi connectivity index (χ1) is 8.91. The van der Waals surface area contributed by atoms with Gasteiger partial charge in [0.1, 0.15) is 0 Å². The van der Waals surface area contributed by atoms with E-state index in [0.717, 1.165) is 12.0 Å². The molecule has 19 heavy (non-hydrogen) atoms. The van der Waals surface area contributed by atoms with Crippen molar-refractivity contribution >= 4 is 17.6 Å². The summed E-state index contributed by atoms with van der Waals surface area (Å²) < 4.78 is 0. The smallest absolute Gasteiger partial charge is 0.335 e. The van der Waals surface area contributed by atoms with Gasteiger partial charge in [-0.3, -0.25) is 4.79 Å². The fraction of sp³-hybridized carbons (Fsp3) is 0.429. The first-order valence-electron chi connectivity index (χ1n) is 6.35. The second-order valence-electron chi connectivity index (χ2n) is 5.16. The summed E-state index contributed by atoms with van der Waals surface area (Å²) in [6.45, 7) is 4.36. The molecule has 2 rings (SSSR count). The van der Waals surface area contributed by atoms with Crippen molar-refractivity contribution < 1.29 is 14.7 Å². The predicted octanol–water partition coefficient (Wildman–Crippen LogP) is 1.26. The Balaban J connectivity index is 2.32. The molecule has 1 amide bonds. The molecule has 1 unspecified atom stereocenters. The lowest BCUT2D eigenvalue weighted by atomic mass is 10.0. The van der Waals surface area contributed by atoms with Crippen LogP contribution >= 0.6 is 0 Å². The summed E-state index contributed by atoms with van der Waals surface area (Å²) in [7, 11) is 0. The fourth-order valence-corrected chi connectivity index (χ4v) is 2.21. The summed E-state index contributed by atoms with van der Waals surface area (Å²) in [6, 6.07) is 4.33. The molecule has 1 atom stereocenters. The maximum absolute atomic E-state index is 12.3. The van der Waals surface area contributed by atoms with Crippen LogP contribution in [-0.4, -0.2) is 29.6 Å². The summed E-state index contributed by atoms with van der Waals surface area (Å²) >= 11 is 0. The molecule has 1 aliphatic heterocycles. The van der Waals surface area contributed by atoms with Crippen LogP contribution in [0.2, 0.25) is 0 Å². The standard InChI is InChI=1S/C14H18N2O3/c1-8(2)12(15)13(17)16-6-5-9-3-4-10(14(18)19)7-11(9)16/h3-4,7-8,12H,5-6,15H2,1-2H3,(H,18,19). The number of carbonyl (C=O) groups is 2. The molecule has 5 heteroatoms. The number of rotatable bonds is 3. The van der Waals surface area contributed by atoms with Gasteiger partial charge in [0.2, 0.25) is 5.91 Å². The number of carboxylic acids is 1. The predicted molar refractivity (Wildman–Crippen MR) is 72.3 cm³/mol. The van der Waals surface area contributed by atoms with Gasteiger partial charge in [-0.05, 0) is 30.0 Å². The molecule has 1 aliphatic rings. The zero-order valence-electron chi connectivity index (χ0n) is 11.1. The molecule has 0 saturated heterocycles. The molecule has 0 bridgehead atoms. The van der Waals surface area contributed by atoms with Crippen molar-refractivity contribution in [2.24, 2.45) is 11.7 Å². The van der Waals surface area contributed by atoms with Crippen molar-refractivity contribution in [1.82, 2.24) is 0 Å². The Bertz CT molecular complexity index is 525. The molecule has 0 fully saturated rings. The van der Waals surface area contributed by atoms with Gasteiger partial charge in [0.05, 0.1) is 11.6 Å². The minimum atomic E-state index is -0.991. The average Bonchev–Trinajstić information content (AvgIpc) is 2.79. The highest BCUT2D eigenvalue weighted by atomic mass is 16.4. The summed E-state index contributed by atoms with van der Waals surface area (Å²) in [5.74, 6) is -1.08. The van der Waals surface area contributed by atoms with Gasteiger partial charge in [-0.25, -0.2) is 4.79 Å². The Morgan fingerprint density at radius 2 is 2.05 bits per heavy atom. The number of fused-ring (bicyclic) bond motifs is 1. The van der Waals surface area contributed by atoms with Crippen molar-refractivity contribution in [3.05, 3.63) is 29.3 Å². The van der Waals surface area contributed by atoms with E-state index in [2.05, 4.69) is 0 Å². The van der Waals surface area contributed by atoms with Crippen LogP contribution in [-0.2, 0) is 11.2 Å². The van der Waals surface area contributed by atoms with Gasteiger partial charge in [-0.15, -0.1) is 0 Å². The number of aromatic carboxylic acids is 1. The van der Waals surface area contributed by atoms with Crippen molar-refractivity contribution in [2.45, 2.75) is 26.3 Å². The van der Waals surface area contributed by atoms with Crippen LogP contribution in [0.1, 0.15) is 29.8 Å². The highest BCUT2D eigenvalue weighted by Crippen LogP contribution is 2.30. The molecule has 0 aromatic heterocycles. The van der Waals surface area contributed by atoms with E-state index in [1.54, 1.807) is 23.1 Å². The number of benzene rings is 1. The summed E-state index contributed by atoms with van der Waals surface area (Å²) in [4.78, 5) is 24.9. The number of nitrogens with two attached hydrogens (primary N) is 1. The highest BCUT2D eigenvalue weighted by molar-refractivity contribution is 6.00. The van der Waals surface area contributed by atoms with Crippen molar-refractivity contribution in [3.8, 4) is 0 Å². The Morgan fingerprint density at radius 3 is 2.63 bits per heavy atom. The van der Waals surface area contributed by atoms with Gasteiger partial charge in [0, 0.05) is 12.2 Å². The Labute approximate surface area is 112 Å². The lowest BCUT2D eigenvalue weighted by Gasteiger charge is -2.23. The number of hydrogen-bond acceptors (Lipinski definition) is 3. The highest BCUT2D eigenvalue weighted by Gasteiger charge is 2.30. The van der Waals surface area contributed by atoms with Crippen molar-refractivity contribution in [1.29, 1.82) is 0 Å². The third-order valence-corrected chi connectivity index (χ3v) is 3.50. The quantitative estimate of drug-likeness (QED) is 0.859. The third kappa shape index (κ3) is 2.46. The third-order valence-electron chi connectivity index (χ3n) is 3.50. The van der Waals surface area contributed by atoms with Gasteiger partial charge in [0.25, 0.3) is 0 Å². The average molecular weight is 262 g/mol. The Kier molecular flexibility index (Phi) is 3.57. The van der Waals surface area contributed by atoms with Gasteiger partial charge in [-0.2, -0.15) is 0 Å². The molecule has 0 spiro atoms. The van der Waals surface area contributed by atoms with Gasteiger partial charge < -0.3 is 15.7 Å². The van der Waals surface area contributed by atoms with E-state index in [0.29, 0.717) is 12.2 Å². The molecule has 1 aromatic rings. The molecule has 1 aromatic carbocycles. The lowest BCUT2D eigenvalue weighted by Crippen LogP contribution is -2.46. The van der Waals surface area contributed by atoms with E-state index < -0.39 is 12.0 Å². The van der Waals surface area contributed by atoms with E-state index in [1.807, 2.05) is 13.8 Å². The van der Waals surface area contributed by atoms with Gasteiger partial charge in [0.15, 0.2) is 0 Å². The zero-order chi connectivity index (χ0) is 14.2. The summed E-state index contributed by atoms with van der Waals surface area (Å²) in [6.07, 6.45) is 0.742. The van der Waals surface area contributed by atoms with E-state index >= 15 is 0 Å². The van der Waals surface area contributed by atoms with Crippen LogP contribution in [0.4, 0.5) is 5.69 Å². The summed E-state index contributed by atoms with van der Waals surface area (Å²) in [5, 5.41) is 9.01. The molecule has 102 valence electrons. The number of nitrogens with zero attached hydrogens (tertiary/aromatic N) is 1. The van der Waals surface area contributed by atoms with Gasteiger partial charge in [-0.1, -0.05) is 19.9 Å². The van der Waals surface area contributed by atoms with E-state index in [4.69, 9.17) is 10.8 Å². The lowest BCUT2D eigenvalue weighted by molar-refractivity contribution is -0.120. The molecular formula is C14H18N2O3. The topological polar surface area (TPSA) is 83.6 Å². The van der Waals surface area contributed by atoms with Crippen LogP contribution in [0.25, 0.3) is 0 Å². The molecule has 0 radical (unpaired) electrons.